The van der Waals surface area contributed by atoms with E-state index >= 15 is 0 Å². The number of aromatic nitrogens is 2. The Labute approximate surface area is 123 Å². The fraction of sp³-hybridized carbons (Fsp3) is 0.231. The average molecular weight is 345 g/mol. The van der Waals surface area contributed by atoms with Gasteiger partial charge in [0.15, 0.2) is 0 Å². The summed E-state index contributed by atoms with van der Waals surface area (Å²) in [6, 6.07) is 3.98. The van der Waals surface area contributed by atoms with Crippen molar-refractivity contribution in [3.8, 4) is 11.3 Å². The molecule has 19 heavy (non-hydrogen) atoms. The van der Waals surface area contributed by atoms with E-state index in [2.05, 4.69) is 25.9 Å². The molecule has 1 heterocycles. The monoisotopic (exact) mass is 344 g/mol. The molecule has 0 saturated carbocycles. The van der Waals surface area contributed by atoms with E-state index in [0.717, 1.165) is 0 Å². The van der Waals surface area contributed by atoms with Gasteiger partial charge in [-0.05, 0) is 34.1 Å². The molecule has 2 rings (SSSR count). The highest BCUT2D eigenvalue weighted by Gasteiger charge is 2.16. The number of benzene rings is 1. The number of rotatable bonds is 2. The topological polar surface area (TPSA) is 28.7 Å². The molecule has 1 aromatic heterocycles. The van der Waals surface area contributed by atoms with Crippen LogP contribution in [0, 0.1) is 16.3 Å². The van der Waals surface area contributed by atoms with Gasteiger partial charge in [-0.25, -0.2) is 13.8 Å². The standard InChI is InChI=1S/C13H11BrF2N2S/c1-6(2)13-17-9(5-10(19)18-13)11-8(15)4-3-7(14)12(11)16/h3-6H,1-2H3,(H,17,18,19). The highest BCUT2D eigenvalue weighted by atomic mass is 79.9. The van der Waals surface area contributed by atoms with E-state index in [0.29, 0.717) is 16.2 Å². The maximum Gasteiger partial charge on any atom is 0.149 e. The van der Waals surface area contributed by atoms with Crippen LogP contribution in [0.25, 0.3) is 11.3 Å². The van der Waals surface area contributed by atoms with Crippen LogP contribution in [0.15, 0.2) is 22.7 Å². The molecule has 1 N–H and O–H groups in total. The fourth-order valence-electron chi connectivity index (χ4n) is 1.66. The number of halogens is 3. The first-order chi connectivity index (χ1) is 8.90. The van der Waals surface area contributed by atoms with Crippen molar-refractivity contribution in [1.29, 1.82) is 0 Å². The first-order valence-corrected chi connectivity index (χ1v) is 6.85. The number of aromatic amines is 1. The minimum absolute atomic E-state index is 0.0833. The van der Waals surface area contributed by atoms with E-state index in [9.17, 15) is 8.78 Å². The zero-order valence-corrected chi connectivity index (χ0v) is 12.7. The predicted octanol–water partition coefficient (Wildman–Crippen LogP) is 4.97. The molecule has 0 saturated heterocycles. The molecule has 0 fully saturated rings. The Morgan fingerprint density at radius 1 is 1.32 bits per heavy atom. The van der Waals surface area contributed by atoms with Crippen LogP contribution in [0.4, 0.5) is 8.78 Å². The molecule has 2 aromatic rings. The van der Waals surface area contributed by atoms with Crippen molar-refractivity contribution in [3.05, 3.63) is 44.8 Å². The Hall–Kier alpha value is -1.14. The number of hydrogen-bond acceptors (Lipinski definition) is 2. The van der Waals surface area contributed by atoms with Crippen molar-refractivity contribution in [1.82, 2.24) is 9.97 Å². The van der Waals surface area contributed by atoms with Crippen LogP contribution in [0.1, 0.15) is 25.6 Å². The van der Waals surface area contributed by atoms with Crippen molar-refractivity contribution >= 4 is 28.1 Å². The summed E-state index contributed by atoms with van der Waals surface area (Å²) >= 11 is 8.08. The van der Waals surface area contributed by atoms with Crippen LogP contribution in [0.2, 0.25) is 0 Å². The summed E-state index contributed by atoms with van der Waals surface area (Å²) in [5, 5.41) is 0. The van der Waals surface area contributed by atoms with E-state index in [1.165, 1.54) is 18.2 Å². The summed E-state index contributed by atoms with van der Waals surface area (Å²) in [4.78, 5) is 7.07. The van der Waals surface area contributed by atoms with Crippen LogP contribution in [-0.2, 0) is 0 Å². The van der Waals surface area contributed by atoms with Gasteiger partial charge >= 0.3 is 0 Å². The molecular weight excluding hydrogens is 334 g/mol. The summed E-state index contributed by atoms with van der Waals surface area (Å²) < 4.78 is 28.4. The summed E-state index contributed by atoms with van der Waals surface area (Å²) in [6.45, 7) is 3.84. The Morgan fingerprint density at radius 3 is 2.63 bits per heavy atom. The Morgan fingerprint density at radius 2 is 2.00 bits per heavy atom. The van der Waals surface area contributed by atoms with Gasteiger partial charge in [0.05, 0.1) is 15.7 Å². The van der Waals surface area contributed by atoms with E-state index < -0.39 is 11.6 Å². The zero-order chi connectivity index (χ0) is 14.2. The summed E-state index contributed by atoms with van der Waals surface area (Å²) in [7, 11) is 0. The van der Waals surface area contributed by atoms with E-state index in [1.54, 1.807) is 0 Å². The summed E-state index contributed by atoms with van der Waals surface area (Å²) in [5.74, 6) is -0.625. The molecule has 0 atom stereocenters. The summed E-state index contributed by atoms with van der Waals surface area (Å²) in [6.07, 6.45) is 0. The van der Waals surface area contributed by atoms with Gasteiger partial charge in [-0.1, -0.05) is 26.1 Å². The van der Waals surface area contributed by atoms with Gasteiger partial charge in [0.1, 0.15) is 22.1 Å². The third-order valence-corrected chi connectivity index (χ3v) is 3.44. The SMILES string of the molecule is CC(C)c1nc(=S)cc(-c2c(F)ccc(Br)c2F)[nH]1. The van der Waals surface area contributed by atoms with Crippen LogP contribution >= 0.6 is 28.1 Å². The number of H-pyrrole nitrogens is 1. The van der Waals surface area contributed by atoms with Gasteiger partial charge < -0.3 is 4.98 Å². The van der Waals surface area contributed by atoms with Gasteiger partial charge in [0.25, 0.3) is 0 Å². The second kappa shape index (κ2) is 5.46. The predicted molar refractivity (Wildman–Crippen MR) is 76.6 cm³/mol. The third kappa shape index (κ3) is 2.90. The third-order valence-electron chi connectivity index (χ3n) is 2.62. The normalized spacial score (nSPS) is 11.1. The van der Waals surface area contributed by atoms with Crippen LogP contribution in [-0.4, -0.2) is 9.97 Å². The first-order valence-electron chi connectivity index (χ1n) is 5.65. The lowest BCUT2D eigenvalue weighted by atomic mass is 10.1. The highest BCUT2D eigenvalue weighted by molar-refractivity contribution is 9.10. The van der Waals surface area contributed by atoms with Crippen molar-refractivity contribution in [2.24, 2.45) is 0 Å². The van der Waals surface area contributed by atoms with Gasteiger partial charge in [0, 0.05) is 5.92 Å². The quantitative estimate of drug-likeness (QED) is 0.615. The van der Waals surface area contributed by atoms with Crippen molar-refractivity contribution in [2.45, 2.75) is 19.8 Å². The number of hydrogen-bond donors (Lipinski definition) is 1. The minimum Gasteiger partial charge on any atom is -0.343 e. The molecule has 1 aromatic carbocycles. The molecule has 0 spiro atoms. The van der Waals surface area contributed by atoms with Gasteiger partial charge in [-0.3, -0.25) is 0 Å². The fourth-order valence-corrected chi connectivity index (χ4v) is 2.21. The lowest BCUT2D eigenvalue weighted by molar-refractivity contribution is 0.583. The first kappa shape index (κ1) is 14.3. The Kier molecular flexibility index (Phi) is 4.10. The molecule has 6 heteroatoms. The molecule has 0 aliphatic rings. The molecule has 0 aliphatic heterocycles. The molecule has 0 radical (unpaired) electrons. The molecule has 0 aliphatic carbocycles. The lowest BCUT2D eigenvalue weighted by Gasteiger charge is -2.10. The Bertz CT molecular complexity index is 683. The van der Waals surface area contributed by atoms with E-state index in [-0.39, 0.29) is 16.0 Å². The number of nitrogens with zero attached hydrogens (tertiary/aromatic N) is 1. The summed E-state index contributed by atoms with van der Waals surface area (Å²) in [5.41, 5.74) is 0.157. The minimum atomic E-state index is -0.661. The van der Waals surface area contributed by atoms with Gasteiger partial charge in [-0.15, -0.1) is 0 Å². The smallest absolute Gasteiger partial charge is 0.149 e. The molecule has 100 valence electrons. The second-order valence-electron chi connectivity index (χ2n) is 4.39. The zero-order valence-electron chi connectivity index (χ0n) is 10.3. The highest BCUT2D eigenvalue weighted by Crippen LogP contribution is 2.30. The average Bonchev–Trinajstić information content (AvgIpc) is 2.34. The maximum absolute atomic E-state index is 14.1. The second-order valence-corrected chi connectivity index (χ2v) is 5.66. The number of nitrogens with one attached hydrogen (secondary N) is 1. The molecule has 2 nitrogen and oxygen atoms in total. The van der Waals surface area contributed by atoms with Crippen LogP contribution < -0.4 is 0 Å². The Balaban J connectivity index is 2.72. The largest absolute Gasteiger partial charge is 0.343 e. The lowest BCUT2D eigenvalue weighted by Crippen LogP contribution is -2.01. The molecule has 0 amide bonds. The van der Waals surface area contributed by atoms with Crippen molar-refractivity contribution in [3.63, 3.8) is 0 Å². The van der Waals surface area contributed by atoms with Gasteiger partial charge in [0.2, 0.25) is 0 Å². The molecule has 0 unspecified atom stereocenters. The maximum atomic E-state index is 14.1. The molecule has 0 bridgehead atoms. The van der Waals surface area contributed by atoms with Gasteiger partial charge in [-0.2, -0.15) is 0 Å². The molecular formula is C13H11BrF2N2S. The van der Waals surface area contributed by atoms with Crippen molar-refractivity contribution < 1.29 is 8.78 Å². The van der Waals surface area contributed by atoms with Crippen LogP contribution in [0.5, 0.6) is 0 Å². The van der Waals surface area contributed by atoms with E-state index in [1.807, 2.05) is 13.8 Å². The van der Waals surface area contributed by atoms with Crippen molar-refractivity contribution in [2.75, 3.05) is 0 Å². The van der Waals surface area contributed by atoms with Crippen LogP contribution in [0.3, 0.4) is 0 Å². The van der Waals surface area contributed by atoms with E-state index in [4.69, 9.17) is 12.2 Å².